The molecular formula is C21H25N3O2S. The summed E-state index contributed by atoms with van der Waals surface area (Å²) in [6, 6.07) is 14.5. The van der Waals surface area contributed by atoms with E-state index in [1.54, 1.807) is 0 Å². The van der Waals surface area contributed by atoms with E-state index in [1.807, 2.05) is 32.0 Å². The number of aryl methyl sites for hydroxylation is 1. The number of hydrogen-bond acceptors (Lipinski definition) is 5. The molecule has 0 bridgehead atoms. The molecule has 0 radical (unpaired) electrons. The van der Waals surface area contributed by atoms with Crippen molar-refractivity contribution in [1.29, 1.82) is 0 Å². The van der Waals surface area contributed by atoms with Gasteiger partial charge in [-0.15, -0.1) is 0 Å². The van der Waals surface area contributed by atoms with Crippen molar-refractivity contribution in [2.24, 2.45) is 0 Å². The second-order valence-electron chi connectivity index (χ2n) is 7.16. The third-order valence-electron chi connectivity index (χ3n) is 4.45. The van der Waals surface area contributed by atoms with E-state index in [9.17, 15) is 9.90 Å². The van der Waals surface area contributed by atoms with Crippen molar-refractivity contribution in [2.75, 3.05) is 18.5 Å². The summed E-state index contributed by atoms with van der Waals surface area (Å²) in [4.78, 5) is 16.8. The lowest BCUT2D eigenvalue weighted by atomic mass is 9.98. The monoisotopic (exact) mass is 383 g/mol. The molecule has 5 nitrogen and oxygen atoms in total. The number of nitrogens with one attached hydrogen (secondary N) is 2. The molecule has 1 amide bonds. The van der Waals surface area contributed by atoms with Gasteiger partial charge in [-0.2, -0.15) is 0 Å². The maximum atomic E-state index is 12.2. The minimum absolute atomic E-state index is 0.0382. The van der Waals surface area contributed by atoms with E-state index in [1.165, 1.54) is 28.0 Å². The topological polar surface area (TPSA) is 74.2 Å². The van der Waals surface area contributed by atoms with Crippen molar-refractivity contribution in [2.45, 2.75) is 32.7 Å². The van der Waals surface area contributed by atoms with Crippen LogP contribution in [0.4, 0.5) is 5.13 Å². The lowest BCUT2D eigenvalue weighted by Crippen LogP contribution is -2.46. The summed E-state index contributed by atoms with van der Waals surface area (Å²) in [6.07, 6.45) is 0.930. The Hall–Kier alpha value is -2.28. The predicted molar refractivity (Wildman–Crippen MR) is 112 cm³/mol. The highest BCUT2D eigenvalue weighted by Gasteiger charge is 2.17. The van der Waals surface area contributed by atoms with Crippen LogP contribution in [-0.2, 0) is 11.2 Å². The van der Waals surface area contributed by atoms with Crippen molar-refractivity contribution in [3.8, 4) is 11.1 Å². The molecule has 142 valence electrons. The number of rotatable bonds is 7. The van der Waals surface area contributed by atoms with Crippen LogP contribution in [0.2, 0.25) is 0 Å². The molecule has 27 heavy (non-hydrogen) atoms. The lowest BCUT2D eigenvalue weighted by molar-refractivity contribution is -0.115. The van der Waals surface area contributed by atoms with Gasteiger partial charge < -0.3 is 15.7 Å². The lowest BCUT2D eigenvalue weighted by Gasteiger charge is -2.22. The number of carbonyl (C=O) groups is 1. The highest BCUT2D eigenvalue weighted by molar-refractivity contribution is 7.22. The van der Waals surface area contributed by atoms with Crippen LogP contribution < -0.4 is 10.6 Å². The van der Waals surface area contributed by atoms with Crippen LogP contribution >= 0.6 is 11.3 Å². The number of anilines is 1. The highest BCUT2D eigenvalue weighted by Crippen LogP contribution is 2.33. The largest absolute Gasteiger partial charge is 0.394 e. The molecule has 0 aliphatic rings. The van der Waals surface area contributed by atoms with Crippen LogP contribution in [-0.4, -0.2) is 34.7 Å². The zero-order valence-electron chi connectivity index (χ0n) is 15.9. The zero-order valence-corrected chi connectivity index (χ0v) is 16.7. The van der Waals surface area contributed by atoms with Gasteiger partial charge in [-0.05, 0) is 49.1 Å². The van der Waals surface area contributed by atoms with E-state index in [-0.39, 0.29) is 19.1 Å². The maximum absolute atomic E-state index is 12.2. The number of benzene rings is 2. The fourth-order valence-corrected chi connectivity index (χ4v) is 3.71. The molecule has 0 atom stereocenters. The molecule has 3 rings (SSSR count). The first-order valence-electron chi connectivity index (χ1n) is 9.06. The number of carbonyl (C=O) groups excluding carboxylic acids is 1. The molecule has 1 aromatic heterocycles. The average molecular weight is 384 g/mol. The number of aliphatic hydroxyl groups is 1. The number of aliphatic hydroxyl groups excluding tert-OH is 1. The molecule has 3 N–H and O–H groups in total. The predicted octanol–water partition coefficient (Wildman–Crippen LogP) is 3.82. The molecule has 1 heterocycles. The Morgan fingerprint density at radius 1 is 1.22 bits per heavy atom. The SMILES string of the molecule is CCc1cc2sc(NC(=O)CNC(C)(C)CO)nc2cc1-c1ccccc1. The van der Waals surface area contributed by atoms with E-state index >= 15 is 0 Å². The molecule has 0 spiro atoms. The van der Waals surface area contributed by atoms with E-state index in [4.69, 9.17) is 0 Å². The number of aromatic nitrogens is 1. The van der Waals surface area contributed by atoms with E-state index < -0.39 is 5.54 Å². The normalized spacial score (nSPS) is 11.7. The molecule has 0 saturated carbocycles. The van der Waals surface area contributed by atoms with Crippen LogP contribution in [0.15, 0.2) is 42.5 Å². The van der Waals surface area contributed by atoms with Gasteiger partial charge in [0, 0.05) is 5.54 Å². The number of fused-ring (bicyclic) bond motifs is 1. The molecule has 3 aromatic rings. The van der Waals surface area contributed by atoms with Gasteiger partial charge in [0.05, 0.1) is 23.4 Å². The van der Waals surface area contributed by atoms with Gasteiger partial charge in [-0.3, -0.25) is 4.79 Å². The minimum Gasteiger partial charge on any atom is -0.394 e. The molecule has 2 aromatic carbocycles. The first kappa shape index (κ1) is 19.5. The third-order valence-corrected chi connectivity index (χ3v) is 5.38. The van der Waals surface area contributed by atoms with Gasteiger partial charge in [-0.25, -0.2) is 4.98 Å². The molecule has 0 saturated heterocycles. The second-order valence-corrected chi connectivity index (χ2v) is 8.19. The van der Waals surface area contributed by atoms with E-state index in [0.717, 1.165) is 16.6 Å². The number of amides is 1. The zero-order chi connectivity index (χ0) is 19.4. The van der Waals surface area contributed by atoms with Gasteiger partial charge >= 0.3 is 0 Å². The first-order chi connectivity index (χ1) is 12.9. The Bertz CT molecular complexity index is 935. The number of thiazole rings is 1. The van der Waals surface area contributed by atoms with Crippen LogP contribution in [0.5, 0.6) is 0 Å². The van der Waals surface area contributed by atoms with Crippen molar-refractivity contribution < 1.29 is 9.90 Å². The minimum atomic E-state index is -0.494. The molecule has 0 aliphatic heterocycles. The maximum Gasteiger partial charge on any atom is 0.240 e. The smallest absolute Gasteiger partial charge is 0.240 e. The quantitative estimate of drug-likeness (QED) is 0.580. The van der Waals surface area contributed by atoms with E-state index in [2.05, 4.69) is 46.8 Å². The summed E-state index contributed by atoms with van der Waals surface area (Å²) in [5.74, 6) is -0.172. The standard InChI is InChI=1S/C21H25N3O2S/c1-4-14-10-18-17(11-16(14)15-8-6-5-7-9-15)23-20(27-18)24-19(26)12-22-21(2,3)13-25/h5-11,22,25H,4,12-13H2,1-3H3,(H,23,24,26). The van der Waals surface area contributed by atoms with Crippen molar-refractivity contribution in [3.05, 3.63) is 48.0 Å². The molecule has 0 fully saturated rings. The summed E-state index contributed by atoms with van der Waals surface area (Å²) in [5, 5.41) is 15.7. The Morgan fingerprint density at radius 2 is 1.96 bits per heavy atom. The van der Waals surface area contributed by atoms with Crippen molar-refractivity contribution in [3.63, 3.8) is 0 Å². The third kappa shape index (κ3) is 4.71. The summed E-state index contributed by atoms with van der Waals surface area (Å²) < 4.78 is 1.06. The summed E-state index contributed by atoms with van der Waals surface area (Å²) >= 11 is 1.48. The molecule has 0 unspecified atom stereocenters. The van der Waals surface area contributed by atoms with Crippen LogP contribution in [0, 0.1) is 0 Å². The number of nitrogens with zero attached hydrogens (tertiary/aromatic N) is 1. The molecule has 6 heteroatoms. The first-order valence-corrected chi connectivity index (χ1v) is 9.88. The van der Waals surface area contributed by atoms with Crippen LogP contribution in [0.1, 0.15) is 26.3 Å². The van der Waals surface area contributed by atoms with Gasteiger partial charge in [0.2, 0.25) is 5.91 Å². The van der Waals surface area contributed by atoms with Gasteiger partial charge in [-0.1, -0.05) is 48.6 Å². The fraction of sp³-hybridized carbons (Fsp3) is 0.333. The molecular weight excluding hydrogens is 358 g/mol. The fourth-order valence-electron chi connectivity index (χ4n) is 2.79. The van der Waals surface area contributed by atoms with Crippen LogP contribution in [0.3, 0.4) is 0 Å². The van der Waals surface area contributed by atoms with Gasteiger partial charge in [0.1, 0.15) is 0 Å². The second kappa shape index (κ2) is 8.17. The van der Waals surface area contributed by atoms with Gasteiger partial charge in [0.15, 0.2) is 5.13 Å². The Labute approximate surface area is 163 Å². The summed E-state index contributed by atoms with van der Waals surface area (Å²) in [6.45, 7) is 5.92. The Kier molecular flexibility index (Phi) is 5.89. The summed E-state index contributed by atoms with van der Waals surface area (Å²) in [5.41, 5.74) is 4.01. The van der Waals surface area contributed by atoms with E-state index in [0.29, 0.717) is 5.13 Å². The Morgan fingerprint density at radius 3 is 2.63 bits per heavy atom. The van der Waals surface area contributed by atoms with Crippen molar-refractivity contribution in [1.82, 2.24) is 10.3 Å². The van der Waals surface area contributed by atoms with Gasteiger partial charge in [0.25, 0.3) is 0 Å². The Balaban J connectivity index is 1.82. The molecule has 0 aliphatic carbocycles. The van der Waals surface area contributed by atoms with Crippen LogP contribution in [0.25, 0.3) is 21.3 Å². The summed E-state index contributed by atoms with van der Waals surface area (Å²) in [7, 11) is 0. The highest BCUT2D eigenvalue weighted by atomic mass is 32.1. The number of hydrogen-bond donors (Lipinski definition) is 3. The van der Waals surface area contributed by atoms with Crippen molar-refractivity contribution >= 4 is 32.6 Å². The average Bonchev–Trinajstić information content (AvgIpc) is 3.07.